The van der Waals surface area contributed by atoms with Crippen molar-refractivity contribution in [2.45, 2.75) is 29.7 Å². The molecule has 0 spiro atoms. The molecule has 1 N–H and O–H groups in total. The predicted molar refractivity (Wildman–Crippen MR) is 96.6 cm³/mol. The number of halogens is 2. The third kappa shape index (κ3) is 5.02. The number of carbonyl (C=O) groups is 1. The molecule has 10 heteroatoms. The average molecular weight is 416 g/mol. The second-order valence-electron chi connectivity index (χ2n) is 6.02. The molecule has 2 heterocycles. The fourth-order valence-electron chi connectivity index (χ4n) is 2.86. The number of sulfonamides is 1. The normalized spacial score (nSPS) is 15.9. The summed E-state index contributed by atoms with van der Waals surface area (Å²) in [4.78, 5) is 14.1. The maximum absolute atomic E-state index is 12.5. The molecule has 0 atom stereocenters. The summed E-state index contributed by atoms with van der Waals surface area (Å²) in [6, 6.07) is 8.51. The van der Waals surface area contributed by atoms with Gasteiger partial charge in [0.1, 0.15) is 9.96 Å². The van der Waals surface area contributed by atoms with E-state index in [1.807, 2.05) is 0 Å². The van der Waals surface area contributed by atoms with E-state index < -0.39 is 16.6 Å². The second kappa shape index (κ2) is 8.32. The molecule has 6 nitrogen and oxygen atoms in total. The van der Waals surface area contributed by atoms with E-state index in [4.69, 9.17) is 0 Å². The van der Waals surface area contributed by atoms with Gasteiger partial charge in [-0.1, -0.05) is 6.07 Å². The minimum Gasteiger partial charge on any atom is -0.435 e. The van der Waals surface area contributed by atoms with E-state index in [2.05, 4.69) is 9.46 Å². The number of ether oxygens (including phenoxy) is 1. The minimum atomic E-state index is -3.53. The number of nitrogens with one attached hydrogen (secondary N) is 1. The molecule has 1 aromatic carbocycles. The van der Waals surface area contributed by atoms with E-state index in [0.29, 0.717) is 31.5 Å². The zero-order chi connectivity index (χ0) is 19.4. The lowest BCUT2D eigenvalue weighted by molar-refractivity contribution is -0.0498. The summed E-state index contributed by atoms with van der Waals surface area (Å²) in [7, 11) is -3.53. The highest BCUT2D eigenvalue weighted by atomic mass is 32.2. The lowest BCUT2D eigenvalue weighted by Gasteiger charge is -2.32. The molecule has 1 aromatic heterocycles. The molecular weight excluding hydrogens is 398 g/mol. The van der Waals surface area contributed by atoms with Gasteiger partial charge in [0, 0.05) is 24.7 Å². The largest absolute Gasteiger partial charge is 0.435 e. The molecule has 3 rings (SSSR count). The Balaban J connectivity index is 1.55. The van der Waals surface area contributed by atoms with Gasteiger partial charge in [-0.3, -0.25) is 4.79 Å². The van der Waals surface area contributed by atoms with E-state index in [-0.39, 0.29) is 21.9 Å². The molecule has 27 heavy (non-hydrogen) atoms. The Morgan fingerprint density at radius 3 is 2.41 bits per heavy atom. The summed E-state index contributed by atoms with van der Waals surface area (Å²) in [5.74, 6) is -0.235. The molecule has 2 aromatic rings. The molecule has 0 unspecified atom stereocenters. The van der Waals surface area contributed by atoms with Crippen LogP contribution in [0.3, 0.4) is 0 Å². The van der Waals surface area contributed by atoms with Gasteiger partial charge in [0.15, 0.2) is 0 Å². The highest BCUT2D eigenvalue weighted by Gasteiger charge is 2.27. The van der Waals surface area contributed by atoms with Gasteiger partial charge in [-0.05, 0) is 48.6 Å². The fraction of sp³-hybridized carbons (Fsp3) is 0.353. The summed E-state index contributed by atoms with van der Waals surface area (Å²) >= 11 is 1.15. The molecule has 1 saturated heterocycles. The van der Waals surface area contributed by atoms with Gasteiger partial charge in [-0.2, -0.15) is 8.78 Å². The van der Waals surface area contributed by atoms with Gasteiger partial charge < -0.3 is 9.64 Å². The lowest BCUT2D eigenvalue weighted by Crippen LogP contribution is -2.46. The second-order valence-corrected chi connectivity index (χ2v) is 8.91. The number of nitrogens with zero attached hydrogens (tertiary/aromatic N) is 1. The number of rotatable bonds is 6. The summed E-state index contributed by atoms with van der Waals surface area (Å²) in [6.07, 6.45) is 1.01. The number of carbonyl (C=O) groups excluding carboxylic acids is 1. The first-order valence-corrected chi connectivity index (χ1v) is 10.6. The van der Waals surface area contributed by atoms with E-state index in [1.54, 1.807) is 22.4 Å². The first-order valence-electron chi connectivity index (χ1n) is 8.25. The summed E-state index contributed by atoms with van der Waals surface area (Å²) in [6.45, 7) is -2.10. The first kappa shape index (κ1) is 19.7. The van der Waals surface area contributed by atoms with Crippen molar-refractivity contribution < 1.29 is 26.7 Å². The zero-order valence-electron chi connectivity index (χ0n) is 14.2. The van der Waals surface area contributed by atoms with Crippen molar-refractivity contribution >= 4 is 27.3 Å². The SMILES string of the molecule is O=C(c1ccc(OC(F)F)cc1)N1CCC(NS(=O)(=O)c2cccs2)CC1. The highest BCUT2D eigenvalue weighted by Crippen LogP contribution is 2.21. The van der Waals surface area contributed by atoms with Gasteiger partial charge in [0.25, 0.3) is 5.91 Å². The van der Waals surface area contributed by atoms with Crippen LogP contribution in [0.2, 0.25) is 0 Å². The maximum Gasteiger partial charge on any atom is 0.387 e. The van der Waals surface area contributed by atoms with Crippen LogP contribution in [-0.2, 0) is 10.0 Å². The van der Waals surface area contributed by atoms with Crippen LogP contribution in [0.1, 0.15) is 23.2 Å². The third-order valence-electron chi connectivity index (χ3n) is 4.19. The van der Waals surface area contributed by atoms with Crippen LogP contribution in [0.5, 0.6) is 5.75 Å². The van der Waals surface area contributed by atoms with Crippen molar-refractivity contribution in [1.82, 2.24) is 9.62 Å². The third-order valence-corrected chi connectivity index (χ3v) is 7.11. The number of benzene rings is 1. The van der Waals surface area contributed by atoms with Crippen LogP contribution < -0.4 is 9.46 Å². The van der Waals surface area contributed by atoms with E-state index >= 15 is 0 Å². The predicted octanol–water partition coefficient (Wildman–Crippen LogP) is 2.93. The standard InChI is InChI=1S/C17H18F2N2O4S2/c18-17(19)25-14-5-3-12(4-6-14)16(22)21-9-7-13(8-10-21)20-27(23,24)15-2-1-11-26-15/h1-6,11,13,17,20H,7-10H2. The first-order chi connectivity index (χ1) is 12.8. The molecule has 0 bridgehead atoms. The quantitative estimate of drug-likeness (QED) is 0.786. The lowest BCUT2D eigenvalue weighted by atomic mass is 10.0. The fourth-order valence-corrected chi connectivity index (χ4v) is 5.17. The Morgan fingerprint density at radius 1 is 1.19 bits per heavy atom. The van der Waals surface area contributed by atoms with E-state index in [9.17, 15) is 22.0 Å². The number of thiophene rings is 1. The number of likely N-dealkylation sites (tertiary alicyclic amines) is 1. The number of piperidine rings is 1. The smallest absolute Gasteiger partial charge is 0.387 e. The van der Waals surface area contributed by atoms with E-state index in [1.165, 1.54) is 24.3 Å². The number of hydrogen-bond acceptors (Lipinski definition) is 5. The average Bonchev–Trinajstić information content (AvgIpc) is 3.17. The Bertz CT molecular complexity index is 863. The molecule has 1 amide bonds. The van der Waals surface area contributed by atoms with Crippen LogP contribution in [0, 0.1) is 0 Å². The Labute approximate surface area is 159 Å². The van der Waals surface area contributed by atoms with Gasteiger partial charge in [0.2, 0.25) is 10.0 Å². The molecule has 1 fully saturated rings. The van der Waals surface area contributed by atoms with Crippen LogP contribution >= 0.6 is 11.3 Å². The Kier molecular flexibility index (Phi) is 6.08. The Morgan fingerprint density at radius 2 is 1.85 bits per heavy atom. The monoisotopic (exact) mass is 416 g/mol. The topological polar surface area (TPSA) is 75.7 Å². The summed E-state index contributed by atoms with van der Waals surface area (Å²) in [5.41, 5.74) is 0.370. The zero-order valence-corrected chi connectivity index (χ0v) is 15.8. The van der Waals surface area contributed by atoms with Crippen molar-refractivity contribution in [2.75, 3.05) is 13.1 Å². The van der Waals surface area contributed by atoms with Crippen molar-refractivity contribution in [1.29, 1.82) is 0 Å². The molecular formula is C17H18F2N2O4S2. The number of amides is 1. The summed E-state index contributed by atoms with van der Waals surface area (Å²) in [5, 5.41) is 1.70. The molecule has 0 saturated carbocycles. The van der Waals surface area contributed by atoms with Crippen molar-refractivity contribution in [3.63, 3.8) is 0 Å². The molecule has 0 aliphatic carbocycles. The van der Waals surface area contributed by atoms with Crippen molar-refractivity contribution in [2.24, 2.45) is 0 Å². The van der Waals surface area contributed by atoms with Gasteiger partial charge in [-0.25, -0.2) is 13.1 Å². The molecule has 1 aliphatic heterocycles. The van der Waals surface area contributed by atoms with Crippen LogP contribution in [-0.4, -0.2) is 45.0 Å². The van der Waals surface area contributed by atoms with Crippen molar-refractivity contribution in [3.05, 3.63) is 47.3 Å². The van der Waals surface area contributed by atoms with Crippen LogP contribution in [0.15, 0.2) is 46.0 Å². The van der Waals surface area contributed by atoms with Gasteiger partial charge in [0.05, 0.1) is 0 Å². The minimum absolute atomic E-state index is 0.0109. The Hall–Kier alpha value is -2.04. The maximum atomic E-state index is 12.5. The van der Waals surface area contributed by atoms with Crippen molar-refractivity contribution in [3.8, 4) is 5.75 Å². The van der Waals surface area contributed by atoms with Gasteiger partial charge in [-0.15, -0.1) is 11.3 Å². The highest BCUT2D eigenvalue weighted by molar-refractivity contribution is 7.91. The van der Waals surface area contributed by atoms with Crippen LogP contribution in [0.25, 0.3) is 0 Å². The molecule has 1 aliphatic rings. The van der Waals surface area contributed by atoms with Gasteiger partial charge >= 0.3 is 6.61 Å². The molecule has 146 valence electrons. The van der Waals surface area contributed by atoms with E-state index in [0.717, 1.165) is 11.3 Å². The molecule has 0 radical (unpaired) electrons. The summed E-state index contributed by atoms with van der Waals surface area (Å²) < 4.78 is 56.1. The number of hydrogen-bond donors (Lipinski definition) is 1. The number of alkyl halides is 2. The van der Waals surface area contributed by atoms with Crippen LogP contribution in [0.4, 0.5) is 8.78 Å².